The molecular formula is C20H27N5OS3. The van der Waals surface area contributed by atoms with Crippen LogP contribution in [-0.4, -0.2) is 36.6 Å². The minimum Gasteiger partial charge on any atom is -0.300 e. The van der Waals surface area contributed by atoms with E-state index in [0.29, 0.717) is 22.2 Å². The van der Waals surface area contributed by atoms with Crippen LogP contribution in [0.4, 0.5) is 5.13 Å². The molecule has 156 valence electrons. The fraction of sp³-hybridized carbons (Fsp3) is 0.650. The predicted octanol–water partition coefficient (Wildman–Crippen LogP) is 5.34. The van der Waals surface area contributed by atoms with E-state index in [4.69, 9.17) is 0 Å². The Hall–Kier alpha value is -1.19. The third-order valence-electron chi connectivity index (χ3n) is 5.58. The second-order valence-corrected chi connectivity index (χ2v) is 11.6. The van der Waals surface area contributed by atoms with E-state index in [0.717, 1.165) is 27.4 Å². The van der Waals surface area contributed by atoms with E-state index in [1.54, 1.807) is 18.1 Å². The number of aromatic nitrogens is 4. The van der Waals surface area contributed by atoms with Gasteiger partial charge < -0.3 is 0 Å². The normalized spacial score (nSPS) is 24.2. The summed E-state index contributed by atoms with van der Waals surface area (Å²) >= 11 is 4.92. The van der Waals surface area contributed by atoms with E-state index in [1.807, 2.05) is 18.7 Å². The number of hydrogen-bond acceptors (Lipinski definition) is 8. The molecule has 6 nitrogen and oxygen atoms in total. The molecule has 4 unspecified atom stereocenters. The predicted molar refractivity (Wildman–Crippen MR) is 120 cm³/mol. The van der Waals surface area contributed by atoms with Gasteiger partial charge in [0.25, 0.3) is 0 Å². The molecule has 2 aromatic rings. The Morgan fingerprint density at radius 3 is 2.86 bits per heavy atom. The maximum Gasteiger partial charge on any atom is 0.239 e. The van der Waals surface area contributed by atoms with Crippen LogP contribution in [0.3, 0.4) is 0 Å². The monoisotopic (exact) mass is 449 g/mol. The Kier molecular flexibility index (Phi) is 6.46. The fourth-order valence-electron chi connectivity index (χ4n) is 3.96. The Bertz CT molecular complexity index is 887. The molecule has 0 bridgehead atoms. The van der Waals surface area contributed by atoms with Crippen molar-refractivity contribution in [2.24, 2.45) is 5.92 Å². The number of thioether (sulfide) groups is 2. The van der Waals surface area contributed by atoms with Gasteiger partial charge in [0.2, 0.25) is 11.0 Å². The summed E-state index contributed by atoms with van der Waals surface area (Å²) in [5.41, 5.74) is 1.28. The summed E-state index contributed by atoms with van der Waals surface area (Å²) in [5.74, 6) is 1.57. The smallest absolute Gasteiger partial charge is 0.239 e. The lowest BCUT2D eigenvalue weighted by atomic mass is 9.80. The summed E-state index contributed by atoms with van der Waals surface area (Å²) in [7, 11) is 0. The van der Waals surface area contributed by atoms with Crippen molar-refractivity contribution >= 4 is 45.9 Å². The number of carbonyl (C=O) groups is 1. The third-order valence-corrected chi connectivity index (χ3v) is 9.47. The van der Waals surface area contributed by atoms with Crippen molar-refractivity contribution < 1.29 is 4.79 Å². The van der Waals surface area contributed by atoms with Gasteiger partial charge in [0.05, 0.1) is 5.25 Å². The highest BCUT2D eigenvalue weighted by molar-refractivity contribution is 8.01. The van der Waals surface area contributed by atoms with Crippen LogP contribution in [0.25, 0.3) is 0 Å². The summed E-state index contributed by atoms with van der Waals surface area (Å²) in [6.07, 6.45) is 6.07. The van der Waals surface area contributed by atoms with Gasteiger partial charge >= 0.3 is 0 Å². The van der Waals surface area contributed by atoms with E-state index in [-0.39, 0.29) is 11.2 Å². The first-order valence-electron chi connectivity index (χ1n) is 10.3. The second-order valence-electron chi connectivity index (χ2n) is 8.18. The Labute approximate surface area is 184 Å². The lowest BCUT2D eigenvalue weighted by Gasteiger charge is -2.29. The highest BCUT2D eigenvalue weighted by Crippen LogP contribution is 2.54. The Morgan fingerprint density at radius 2 is 2.14 bits per heavy atom. The van der Waals surface area contributed by atoms with Gasteiger partial charge in [0, 0.05) is 22.6 Å². The third kappa shape index (κ3) is 4.46. The first kappa shape index (κ1) is 21.1. The minimum atomic E-state index is -0.216. The molecular weight excluding hydrogens is 422 g/mol. The zero-order chi connectivity index (χ0) is 20.5. The number of fused-ring (bicyclic) bond motifs is 3. The number of nitrogens with zero attached hydrogens (tertiary/aromatic N) is 4. The van der Waals surface area contributed by atoms with Gasteiger partial charge in [-0.25, -0.2) is 9.97 Å². The van der Waals surface area contributed by atoms with Crippen LogP contribution < -0.4 is 5.32 Å². The largest absolute Gasteiger partial charge is 0.300 e. The van der Waals surface area contributed by atoms with Gasteiger partial charge in [-0.2, -0.15) is 0 Å². The van der Waals surface area contributed by atoms with Gasteiger partial charge in [-0.15, -0.1) is 22.0 Å². The molecule has 9 heteroatoms. The molecule has 1 aliphatic carbocycles. The fourth-order valence-corrected chi connectivity index (χ4v) is 7.49. The number of rotatable bonds is 6. The molecule has 3 heterocycles. The van der Waals surface area contributed by atoms with Crippen LogP contribution in [0.2, 0.25) is 0 Å². The van der Waals surface area contributed by atoms with E-state index in [2.05, 4.69) is 46.3 Å². The van der Waals surface area contributed by atoms with E-state index < -0.39 is 0 Å². The number of nitrogens with one attached hydrogen (secondary N) is 1. The standard InChI is InChI=1S/C20H27N5OS3/c1-5-13(16(26)23-20-25-24-17(29-20)10(2)3)27-18-15-12-7-6-11(4)8-14(12)28-19(15)22-9-21-18/h9-14H,5-8H2,1-4H3,(H,23,25,26). The highest BCUT2D eigenvalue weighted by Gasteiger charge is 2.40. The summed E-state index contributed by atoms with van der Waals surface area (Å²) < 4.78 is 0. The number of hydrogen-bond donors (Lipinski definition) is 1. The average molecular weight is 450 g/mol. The van der Waals surface area contributed by atoms with Gasteiger partial charge in [0.15, 0.2) is 0 Å². The maximum absolute atomic E-state index is 12.9. The number of amides is 1. The van der Waals surface area contributed by atoms with Gasteiger partial charge in [-0.1, -0.05) is 57.2 Å². The SMILES string of the molecule is CCC(Sc1ncnc2c1C1CCC(C)CC1S2)C(=O)Nc1nnc(C(C)C)s1. The van der Waals surface area contributed by atoms with E-state index >= 15 is 0 Å². The lowest BCUT2D eigenvalue weighted by Crippen LogP contribution is -2.25. The van der Waals surface area contributed by atoms with Crippen LogP contribution >= 0.6 is 34.9 Å². The molecule has 29 heavy (non-hydrogen) atoms. The molecule has 4 rings (SSSR count). The van der Waals surface area contributed by atoms with Gasteiger partial charge in [-0.05, 0) is 25.2 Å². The number of carbonyl (C=O) groups excluding carboxylic acids is 1. The molecule has 0 aromatic carbocycles. The van der Waals surface area contributed by atoms with Crippen LogP contribution in [0.15, 0.2) is 16.4 Å². The van der Waals surface area contributed by atoms with Crippen LogP contribution in [0.1, 0.15) is 75.8 Å². The van der Waals surface area contributed by atoms with Crippen molar-refractivity contribution in [3.8, 4) is 0 Å². The summed E-state index contributed by atoms with van der Waals surface area (Å²) in [5, 5.41) is 15.2. The molecule has 1 amide bonds. The molecule has 0 radical (unpaired) electrons. The molecule has 2 aliphatic rings. The molecule has 1 N–H and O–H groups in total. The van der Waals surface area contributed by atoms with Crippen molar-refractivity contribution in [3.63, 3.8) is 0 Å². The molecule has 0 saturated heterocycles. The van der Waals surface area contributed by atoms with Crippen molar-refractivity contribution in [1.82, 2.24) is 20.2 Å². The zero-order valence-electron chi connectivity index (χ0n) is 17.2. The highest BCUT2D eigenvalue weighted by atomic mass is 32.2. The van der Waals surface area contributed by atoms with Crippen molar-refractivity contribution in [3.05, 3.63) is 16.9 Å². The first-order chi connectivity index (χ1) is 14.0. The van der Waals surface area contributed by atoms with Gasteiger partial charge in [0.1, 0.15) is 21.4 Å². The maximum atomic E-state index is 12.9. The van der Waals surface area contributed by atoms with Crippen molar-refractivity contribution in [1.29, 1.82) is 0 Å². The molecule has 1 aliphatic heterocycles. The second kappa shape index (κ2) is 8.89. The molecule has 2 aromatic heterocycles. The lowest BCUT2D eigenvalue weighted by molar-refractivity contribution is -0.115. The summed E-state index contributed by atoms with van der Waals surface area (Å²) in [4.78, 5) is 22.1. The van der Waals surface area contributed by atoms with Gasteiger partial charge in [-0.3, -0.25) is 10.1 Å². The van der Waals surface area contributed by atoms with Crippen LogP contribution in [0.5, 0.6) is 0 Å². The Balaban J connectivity index is 1.49. The van der Waals surface area contributed by atoms with E-state index in [1.165, 1.54) is 36.2 Å². The van der Waals surface area contributed by atoms with Crippen molar-refractivity contribution in [2.75, 3.05) is 5.32 Å². The van der Waals surface area contributed by atoms with Crippen LogP contribution in [-0.2, 0) is 4.79 Å². The molecule has 1 fully saturated rings. The molecule has 4 atom stereocenters. The zero-order valence-corrected chi connectivity index (χ0v) is 19.7. The van der Waals surface area contributed by atoms with E-state index in [9.17, 15) is 4.79 Å². The summed E-state index contributed by atoms with van der Waals surface area (Å²) in [6.45, 7) is 8.53. The minimum absolute atomic E-state index is 0.0317. The molecule has 0 spiro atoms. The van der Waals surface area contributed by atoms with Crippen molar-refractivity contribution in [2.45, 2.75) is 85.8 Å². The Morgan fingerprint density at radius 1 is 1.31 bits per heavy atom. The average Bonchev–Trinajstić information content (AvgIpc) is 3.30. The summed E-state index contributed by atoms with van der Waals surface area (Å²) in [6, 6.07) is 0. The topological polar surface area (TPSA) is 80.7 Å². The molecule has 1 saturated carbocycles. The first-order valence-corrected chi connectivity index (χ1v) is 12.9. The number of anilines is 1. The quantitative estimate of drug-likeness (QED) is 0.471. The van der Waals surface area contributed by atoms with Crippen LogP contribution in [0, 0.1) is 5.92 Å².